The number of nitroso groups, excluding NO2 is 1. The van der Waals surface area contributed by atoms with Crippen molar-refractivity contribution in [2.75, 3.05) is 19.6 Å². The first-order chi connectivity index (χ1) is 12.7. The smallest absolute Gasteiger partial charge is 0.271 e. The number of carbonyl (C=O) groups is 1. The fourth-order valence-electron chi connectivity index (χ4n) is 3.08. The van der Waals surface area contributed by atoms with Gasteiger partial charge in [-0.3, -0.25) is 14.7 Å². The fourth-order valence-corrected chi connectivity index (χ4v) is 3.23. The third kappa shape index (κ3) is 4.83. The van der Waals surface area contributed by atoms with Gasteiger partial charge in [0.2, 0.25) is 0 Å². The Morgan fingerprint density at radius 2 is 2.12 bits per heavy atom. The van der Waals surface area contributed by atoms with Crippen LogP contribution in [0.25, 0.3) is 0 Å². The number of benzene rings is 1. The molecule has 2 heterocycles. The third-order valence-corrected chi connectivity index (χ3v) is 4.61. The number of fused-ring (bicyclic) bond motifs is 1. The molecule has 1 atom stereocenters. The molecule has 0 bridgehead atoms. The fraction of sp³-hybridized carbons (Fsp3) is 0.389. The summed E-state index contributed by atoms with van der Waals surface area (Å²) >= 11 is 5.72. The van der Waals surface area contributed by atoms with Crippen LogP contribution in [-0.2, 0) is 13.0 Å². The molecule has 1 amide bonds. The Morgan fingerprint density at radius 3 is 2.88 bits per heavy atom. The molecule has 1 aliphatic heterocycles. The van der Waals surface area contributed by atoms with Gasteiger partial charge in [-0.15, -0.1) is 0 Å². The number of amides is 1. The van der Waals surface area contributed by atoms with Crippen LogP contribution in [0.15, 0.2) is 41.8 Å². The Bertz CT molecular complexity index is 786. The molecule has 0 spiro atoms. The normalized spacial score (nSPS) is 15.1. The first-order valence-electron chi connectivity index (χ1n) is 8.53. The molecule has 136 valence electrons. The number of hydrogen-bond acceptors (Lipinski definition) is 6. The van der Waals surface area contributed by atoms with E-state index in [0.29, 0.717) is 19.5 Å². The van der Waals surface area contributed by atoms with E-state index in [-0.39, 0.29) is 22.8 Å². The van der Waals surface area contributed by atoms with Crippen molar-refractivity contribution < 1.29 is 4.79 Å². The molecule has 8 heteroatoms. The van der Waals surface area contributed by atoms with E-state index < -0.39 is 0 Å². The summed E-state index contributed by atoms with van der Waals surface area (Å²) in [7, 11) is 0. The van der Waals surface area contributed by atoms with Crippen molar-refractivity contribution >= 4 is 17.5 Å². The number of aromatic nitrogens is 2. The van der Waals surface area contributed by atoms with Crippen LogP contribution >= 0.6 is 11.6 Å². The maximum atomic E-state index is 12.0. The molecule has 3 rings (SSSR count). The van der Waals surface area contributed by atoms with Gasteiger partial charge in [-0.05, 0) is 24.0 Å². The van der Waals surface area contributed by atoms with Gasteiger partial charge in [0, 0.05) is 26.2 Å². The van der Waals surface area contributed by atoms with Crippen LogP contribution in [0, 0.1) is 4.91 Å². The summed E-state index contributed by atoms with van der Waals surface area (Å²) in [6.45, 7) is 2.67. The van der Waals surface area contributed by atoms with Crippen molar-refractivity contribution in [2.45, 2.75) is 25.4 Å². The molecule has 1 aromatic heterocycles. The van der Waals surface area contributed by atoms with E-state index in [1.165, 1.54) is 23.5 Å². The topological polar surface area (TPSA) is 87.5 Å². The lowest BCUT2D eigenvalue weighted by atomic mass is 9.99. The summed E-state index contributed by atoms with van der Waals surface area (Å²) in [4.78, 5) is 33.2. The van der Waals surface area contributed by atoms with E-state index in [0.717, 1.165) is 19.5 Å². The minimum absolute atomic E-state index is 0.153. The number of rotatable bonds is 7. The Hall–Kier alpha value is -2.38. The minimum Gasteiger partial charge on any atom is -0.351 e. The molecule has 2 aromatic rings. The largest absolute Gasteiger partial charge is 0.351 e. The van der Waals surface area contributed by atoms with E-state index in [4.69, 9.17) is 11.6 Å². The van der Waals surface area contributed by atoms with Gasteiger partial charge in [0.15, 0.2) is 0 Å². The van der Waals surface area contributed by atoms with Gasteiger partial charge in [0.25, 0.3) is 5.91 Å². The van der Waals surface area contributed by atoms with Crippen LogP contribution in [0.1, 0.15) is 28.0 Å². The van der Waals surface area contributed by atoms with E-state index in [2.05, 4.69) is 43.6 Å². The molecule has 0 saturated carbocycles. The van der Waals surface area contributed by atoms with Crippen LogP contribution < -0.4 is 5.32 Å². The van der Waals surface area contributed by atoms with Crippen molar-refractivity contribution in [2.24, 2.45) is 5.18 Å². The van der Waals surface area contributed by atoms with Gasteiger partial charge >= 0.3 is 0 Å². The van der Waals surface area contributed by atoms with Crippen molar-refractivity contribution in [3.05, 3.63) is 63.5 Å². The highest BCUT2D eigenvalue weighted by atomic mass is 35.5. The molecule has 1 aromatic carbocycles. The molecular weight excluding hydrogens is 354 g/mol. The van der Waals surface area contributed by atoms with Gasteiger partial charge in [-0.25, -0.2) is 4.98 Å². The number of hydrogen-bond donors (Lipinski definition) is 1. The van der Waals surface area contributed by atoms with Gasteiger partial charge in [-0.2, -0.15) is 4.91 Å². The Morgan fingerprint density at radius 1 is 1.31 bits per heavy atom. The maximum Gasteiger partial charge on any atom is 0.271 e. The predicted octanol–water partition coefficient (Wildman–Crippen LogP) is 2.44. The number of nitrogens with zero attached hydrogens (tertiary/aromatic N) is 4. The highest BCUT2D eigenvalue weighted by Gasteiger charge is 2.20. The Balaban J connectivity index is 1.46. The van der Waals surface area contributed by atoms with Crippen LogP contribution in [-0.4, -0.2) is 46.5 Å². The molecule has 1 unspecified atom stereocenters. The molecule has 0 aliphatic carbocycles. The third-order valence-electron chi connectivity index (χ3n) is 4.43. The molecule has 1 N–H and O–H groups in total. The Kier molecular flexibility index (Phi) is 6.25. The molecule has 0 fully saturated rings. The number of carbonyl (C=O) groups excluding carboxylic acids is 1. The predicted molar refractivity (Wildman–Crippen MR) is 99.0 cm³/mol. The van der Waals surface area contributed by atoms with Crippen LogP contribution in [0.2, 0.25) is 5.15 Å². The average molecular weight is 374 g/mol. The quantitative estimate of drug-likeness (QED) is 0.753. The summed E-state index contributed by atoms with van der Waals surface area (Å²) in [6.07, 6.45) is 4.16. The lowest BCUT2D eigenvalue weighted by Gasteiger charge is -2.29. The van der Waals surface area contributed by atoms with Crippen molar-refractivity contribution in [1.82, 2.24) is 20.2 Å². The minimum atomic E-state index is -0.369. The first kappa shape index (κ1) is 18.4. The highest BCUT2D eigenvalue weighted by molar-refractivity contribution is 6.29. The summed E-state index contributed by atoms with van der Waals surface area (Å²) in [5, 5.41) is 6.12. The van der Waals surface area contributed by atoms with Crippen LogP contribution in [0.5, 0.6) is 0 Å². The van der Waals surface area contributed by atoms with Gasteiger partial charge in [-0.1, -0.05) is 41.0 Å². The SMILES string of the molecule is O=NC(CCNC(=O)c1cncc(Cl)n1)CN1CCc2ccccc2C1. The van der Waals surface area contributed by atoms with Gasteiger partial charge in [0.05, 0.1) is 12.4 Å². The molecule has 0 radical (unpaired) electrons. The van der Waals surface area contributed by atoms with Gasteiger partial charge < -0.3 is 5.32 Å². The second-order valence-corrected chi connectivity index (χ2v) is 6.67. The average Bonchev–Trinajstić information content (AvgIpc) is 2.67. The highest BCUT2D eigenvalue weighted by Crippen LogP contribution is 2.19. The van der Waals surface area contributed by atoms with Gasteiger partial charge in [0.1, 0.15) is 16.9 Å². The summed E-state index contributed by atoms with van der Waals surface area (Å²) < 4.78 is 0. The van der Waals surface area contributed by atoms with E-state index in [1.807, 2.05) is 6.07 Å². The zero-order valence-corrected chi connectivity index (χ0v) is 15.0. The molecular formula is C18H20ClN5O2. The number of halogens is 1. The van der Waals surface area contributed by atoms with E-state index in [9.17, 15) is 9.70 Å². The maximum absolute atomic E-state index is 12.0. The second-order valence-electron chi connectivity index (χ2n) is 6.28. The first-order valence-corrected chi connectivity index (χ1v) is 8.91. The van der Waals surface area contributed by atoms with Crippen LogP contribution in [0.4, 0.5) is 0 Å². The monoisotopic (exact) mass is 373 g/mol. The summed E-state index contributed by atoms with van der Waals surface area (Å²) in [5.74, 6) is -0.364. The molecule has 1 aliphatic rings. The molecule has 26 heavy (non-hydrogen) atoms. The lowest BCUT2D eigenvalue weighted by molar-refractivity contribution is 0.0946. The van der Waals surface area contributed by atoms with Crippen molar-refractivity contribution in [3.8, 4) is 0 Å². The van der Waals surface area contributed by atoms with E-state index >= 15 is 0 Å². The lowest BCUT2D eigenvalue weighted by Crippen LogP contribution is -2.37. The second kappa shape index (κ2) is 8.82. The molecule has 7 nitrogen and oxygen atoms in total. The standard InChI is InChI=1S/C18H20ClN5O2/c19-17-10-20-9-16(22-17)18(25)21-7-5-15(23-26)12-24-8-6-13-3-1-2-4-14(13)11-24/h1-4,9-10,15H,5-8,11-12H2,(H,21,25). The van der Waals surface area contributed by atoms with Crippen LogP contribution in [0.3, 0.4) is 0 Å². The van der Waals surface area contributed by atoms with Crippen molar-refractivity contribution in [1.29, 1.82) is 0 Å². The number of nitrogens with one attached hydrogen (secondary N) is 1. The van der Waals surface area contributed by atoms with E-state index in [1.54, 1.807) is 0 Å². The summed E-state index contributed by atoms with van der Waals surface area (Å²) in [5.41, 5.74) is 2.83. The Labute approximate surface area is 156 Å². The zero-order valence-electron chi connectivity index (χ0n) is 14.3. The summed E-state index contributed by atoms with van der Waals surface area (Å²) in [6, 6.07) is 7.99. The molecule has 0 saturated heterocycles. The van der Waals surface area contributed by atoms with Crippen molar-refractivity contribution in [3.63, 3.8) is 0 Å². The zero-order chi connectivity index (χ0) is 18.4.